The molecule has 132 valence electrons. The minimum Gasteiger partial charge on any atom is -0.486 e. The van der Waals surface area contributed by atoms with Crippen molar-refractivity contribution >= 4 is 29.1 Å². The molecule has 0 aliphatic carbocycles. The first kappa shape index (κ1) is 18.1. The Kier molecular flexibility index (Phi) is 5.23. The highest BCUT2D eigenvalue weighted by atomic mass is 35.5. The largest absolute Gasteiger partial charge is 0.486 e. The molecule has 0 radical (unpaired) electrons. The molecule has 25 heavy (non-hydrogen) atoms. The highest BCUT2D eigenvalue weighted by molar-refractivity contribution is 6.31. The van der Waals surface area contributed by atoms with Gasteiger partial charge in [0.15, 0.2) is 0 Å². The maximum Gasteiger partial charge on any atom is 0.253 e. The van der Waals surface area contributed by atoms with Crippen molar-refractivity contribution < 1.29 is 14.6 Å². The van der Waals surface area contributed by atoms with E-state index in [1.807, 2.05) is 0 Å². The molecular formula is C19H19Cl2NO3. The molecule has 1 saturated heterocycles. The van der Waals surface area contributed by atoms with E-state index in [1.165, 1.54) is 0 Å². The first-order chi connectivity index (χ1) is 11.8. The lowest BCUT2D eigenvalue weighted by Crippen LogP contribution is -2.57. The first-order valence-corrected chi connectivity index (χ1v) is 8.80. The van der Waals surface area contributed by atoms with Crippen LogP contribution in [0.2, 0.25) is 10.0 Å². The summed E-state index contributed by atoms with van der Waals surface area (Å²) in [5.74, 6) is 0.463. The lowest BCUT2D eigenvalue weighted by Gasteiger charge is -2.42. The Hall–Kier alpha value is -1.75. The highest BCUT2D eigenvalue weighted by Gasteiger charge is 2.41. The van der Waals surface area contributed by atoms with Crippen molar-refractivity contribution in [3.05, 3.63) is 64.1 Å². The van der Waals surface area contributed by atoms with Crippen LogP contribution in [-0.4, -0.2) is 40.7 Å². The third kappa shape index (κ3) is 4.27. The molecule has 0 unspecified atom stereocenters. The first-order valence-electron chi connectivity index (χ1n) is 8.04. The molecular weight excluding hydrogens is 361 g/mol. The van der Waals surface area contributed by atoms with Gasteiger partial charge in [0.1, 0.15) is 17.5 Å². The Balaban J connectivity index is 1.76. The number of likely N-dealkylation sites (tertiary alicyclic amines) is 1. The lowest BCUT2D eigenvalue weighted by atomic mass is 9.90. The SMILES string of the molecule is C[C@]1(O)CCN(C(=O)c2ccc(Cl)cc2)C[C@@H]1Oc1cccc(Cl)c1. The number of ether oxygens (including phenoxy) is 1. The number of hydrogen-bond acceptors (Lipinski definition) is 3. The molecule has 3 rings (SSSR count). The number of aliphatic hydroxyl groups is 1. The molecule has 0 saturated carbocycles. The molecule has 2 aromatic rings. The molecule has 0 bridgehead atoms. The zero-order valence-corrected chi connectivity index (χ0v) is 15.3. The van der Waals surface area contributed by atoms with Gasteiger partial charge in [-0.2, -0.15) is 0 Å². The van der Waals surface area contributed by atoms with Gasteiger partial charge in [-0.05, 0) is 55.8 Å². The number of rotatable bonds is 3. The Labute approximate surface area is 156 Å². The summed E-state index contributed by atoms with van der Waals surface area (Å²) >= 11 is 11.9. The van der Waals surface area contributed by atoms with Crippen LogP contribution in [0.3, 0.4) is 0 Å². The number of benzene rings is 2. The van der Waals surface area contributed by atoms with E-state index in [1.54, 1.807) is 60.4 Å². The predicted molar refractivity (Wildman–Crippen MR) is 98.5 cm³/mol. The fourth-order valence-electron chi connectivity index (χ4n) is 2.84. The van der Waals surface area contributed by atoms with Crippen LogP contribution < -0.4 is 4.74 Å². The van der Waals surface area contributed by atoms with Gasteiger partial charge in [0.25, 0.3) is 5.91 Å². The van der Waals surface area contributed by atoms with Gasteiger partial charge in [0.05, 0.1) is 6.54 Å². The van der Waals surface area contributed by atoms with Crippen LogP contribution in [0.4, 0.5) is 0 Å². The fourth-order valence-corrected chi connectivity index (χ4v) is 3.14. The average molecular weight is 380 g/mol. The number of nitrogens with zero attached hydrogens (tertiary/aromatic N) is 1. The molecule has 0 spiro atoms. The van der Waals surface area contributed by atoms with Crippen LogP contribution in [0.25, 0.3) is 0 Å². The van der Waals surface area contributed by atoms with Crippen LogP contribution in [0.5, 0.6) is 5.75 Å². The predicted octanol–water partition coefficient (Wildman–Crippen LogP) is 4.04. The number of carbonyl (C=O) groups excluding carboxylic acids is 1. The molecule has 4 nitrogen and oxygen atoms in total. The summed E-state index contributed by atoms with van der Waals surface area (Å²) in [5, 5.41) is 11.8. The second-order valence-corrected chi connectivity index (χ2v) is 7.30. The molecule has 1 aliphatic rings. The van der Waals surface area contributed by atoms with Crippen LogP contribution in [0.1, 0.15) is 23.7 Å². The summed E-state index contributed by atoms with van der Waals surface area (Å²) in [7, 11) is 0. The number of halogens is 2. The third-order valence-corrected chi connectivity index (χ3v) is 4.91. The van der Waals surface area contributed by atoms with Crippen molar-refractivity contribution in [1.82, 2.24) is 4.90 Å². The van der Waals surface area contributed by atoms with Crippen LogP contribution in [-0.2, 0) is 0 Å². The summed E-state index contributed by atoms with van der Waals surface area (Å²) < 4.78 is 5.94. The van der Waals surface area contributed by atoms with Crippen molar-refractivity contribution in [2.24, 2.45) is 0 Å². The Morgan fingerprint density at radius 3 is 2.60 bits per heavy atom. The molecule has 1 aliphatic heterocycles. The number of carbonyl (C=O) groups is 1. The van der Waals surface area contributed by atoms with Gasteiger partial charge in [0, 0.05) is 22.2 Å². The molecule has 6 heteroatoms. The standard InChI is InChI=1S/C19H19Cl2NO3/c1-19(24)9-10-22(18(23)13-5-7-14(20)8-6-13)12-17(19)25-16-4-2-3-15(21)11-16/h2-8,11,17,24H,9-10,12H2,1H3/t17-,19-/m0/s1. The number of piperidine rings is 1. The van der Waals surface area contributed by atoms with Gasteiger partial charge >= 0.3 is 0 Å². The minimum atomic E-state index is -1.03. The quantitative estimate of drug-likeness (QED) is 0.875. The van der Waals surface area contributed by atoms with Gasteiger partial charge in [-0.25, -0.2) is 0 Å². The molecule has 2 aromatic carbocycles. The third-order valence-electron chi connectivity index (χ3n) is 4.42. The van der Waals surface area contributed by atoms with Gasteiger partial charge < -0.3 is 14.7 Å². The zero-order valence-electron chi connectivity index (χ0n) is 13.8. The summed E-state index contributed by atoms with van der Waals surface area (Å²) in [5.41, 5.74) is -0.466. The topological polar surface area (TPSA) is 49.8 Å². The zero-order chi connectivity index (χ0) is 18.0. The normalized spacial score (nSPS) is 23.4. The lowest BCUT2D eigenvalue weighted by molar-refractivity contribution is -0.0881. The van der Waals surface area contributed by atoms with E-state index in [2.05, 4.69) is 0 Å². The van der Waals surface area contributed by atoms with E-state index in [-0.39, 0.29) is 5.91 Å². The minimum absolute atomic E-state index is 0.105. The van der Waals surface area contributed by atoms with Crippen LogP contribution >= 0.6 is 23.2 Å². The average Bonchev–Trinajstić information content (AvgIpc) is 2.57. The summed E-state index contributed by atoms with van der Waals surface area (Å²) in [6.45, 7) is 2.48. The Morgan fingerprint density at radius 1 is 1.20 bits per heavy atom. The van der Waals surface area contributed by atoms with E-state index in [4.69, 9.17) is 27.9 Å². The van der Waals surface area contributed by atoms with Gasteiger partial charge in [0.2, 0.25) is 0 Å². The second-order valence-electron chi connectivity index (χ2n) is 6.43. The maximum atomic E-state index is 12.7. The van der Waals surface area contributed by atoms with E-state index >= 15 is 0 Å². The molecule has 1 N–H and O–H groups in total. The Morgan fingerprint density at radius 2 is 1.92 bits per heavy atom. The van der Waals surface area contributed by atoms with Crippen LogP contribution in [0.15, 0.2) is 48.5 Å². The Bertz CT molecular complexity index is 762. The van der Waals surface area contributed by atoms with Gasteiger partial charge in [-0.15, -0.1) is 0 Å². The maximum absolute atomic E-state index is 12.7. The summed E-state index contributed by atoms with van der Waals surface area (Å²) in [6.07, 6.45) is -0.117. The smallest absolute Gasteiger partial charge is 0.253 e. The second kappa shape index (κ2) is 7.24. The fraction of sp³-hybridized carbons (Fsp3) is 0.316. The highest BCUT2D eigenvalue weighted by Crippen LogP contribution is 2.28. The van der Waals surface area contributed by atoms with Crippen molar-refractivity contribution in [3.63, 3.8) is 0 Å². The van der Waals surface area contributed by atoms with E-state index in [9.17, 15) is 9.90 Å². The monoisotopic (exact) mass is 379 g/mol. The van der Waals surface area contributed by atoms with Crippen LogP contribution in [0, 0.1) is 0 Å². The van der Waals surface area contributed by atoms with E-state index in [0.29, 0.717) is 40.9 Å². The number of hydrogen-bond donors (Lipinski definition) is 1. The van der Waals surface area contributed by atoms with E-state index in [0.717, 1.165) is 0 Å². The van der Waals surface area contributed by atoms with Crippen molar-refractivity contribution in [2.45, 2.75) is 25.0 Å². The van der Waals surface area contributed by atoms with Crippen molar-refractivity contribution in [1.29, 1.82) is 0 Å². The number of amides is 1. The summed E-state index contributed by atoms with van der Waals surface area (Å²) in [6, 6.07) is 13.8. The van der Waals surface area contributed by atoms with Gasteiger partial charge in [-0.1, -0.05) is 29.3 Å². The van der Waals surface area contributed by atoms with Gasteiger partial charge in [-0.3, -0.25) is 4.79 Å². The molecule has 2 atom stereocenters. The summed E-state index contributed by atoms with van der Waals surface area (Å²) in [4.78, 5) is 14.4. The molecule has 1 amide bonds. The van der Waals surface area contributed by atoms with Crippen molar-refractivity contribution in [3.8, 4) is 5.75 Å². The molecule has 1 heterocycles. The molecule has 0 aromatic heterocycles. The van der Waals surface area contributed by atoms with E-state index < -0.39 is 11.7 Å². The van der Waals surface area contributed by atoms with Crippen molar-refractivity contribution in [2.75, 3.05) is 13.1 Å². The molecule has 1 fully saturated rings.